The third kappa shape index (κ3) is 3.40. The second kappa shape index (κ2) is 6.43. The average molecular weight is 344 g/mol. The minimum absolute atomic E-state index is 0.353. The molecule has 0 aliphatic heterocycles. The smallest absolute Gasteiger partial charge is 0.383 e. The van der Waals surface area contributed by atoms with Crippen LogP contribution < -0.4 is 5.73 Å². The zero-order valence-electron chi connectivity index (χ0n) is 13.3. The van der Waals surface area contributed by atoms with Crippen molar-refractivity contribution in [2.75, 3.05) is 5.73 Å². The van der Waals surface area contributed by atoms with Gasteiger partial charge in [-0.2, -0.15) is 18.3 Å². The van der Waals surface area contributed by atoms with Crippen LogP contribution in [0.15, 0.2) is 54.9 Å². The second-order valence-electron chi connectivity index (χ2n) is 5.35. The van der Waals surface area contributed by atoms with Crippen molar-refractivity contribution < 1.29 is 13.2 Å². The molecule has 0 aliphatic carbocycles. The number of rotatable bonds is 3. The van der Waals surface area contributed by atoms with Gasteiger partial charge in [0.1, 0.15) is 5.82 Å². The maximum Gasteiger partial charge on any atom is 0.416 e. The van der Waals surface area contributed by atoms with Crippen LogP contribution in [0.25, 0.3) is 23.0 Å². The molecular weight excluding hydrogens is 329 g/mol. The molecule has 0 saturated heterocycles. The van der Waals surface area contributed by atoms with Crippen LogP contribution in [0.5, 0.6) is 0 Å². The van der Waals surface area contributed by atoms with Gasteiger partial charge < -0.3 is 5.73 Å². The summed E-state index contributed by atoms with van der Waals surface area (Å²) in [5.74, 6) is 0.353. The van der Waals surface area contributed by atoms with Crippen LogP contribution >= 0.6 is 0 Å². The fourth-order valence-corrected chi connectivity index (χ4v) is 2.48. The van der Waals surface area contributed by atoms with Gasteiger partial charge in [-0.25, -0.2) is 9.67 Å². The van der Waals surface area contributed by atoms with E-state index in [2.05, 4.69) is 10.1 Å². The molecule has 3 aromatic rings. The lowest BCUT2D eigenvalue weighted by Crippen LogP contribution is -2.05. The molecule has 0 atom stereocenters. The fourth-order valence-electron chi connectivity index (χ4n) is 2.48. The molecule has 0 amide bonds. The maximum atomic E-state index is 12.9. The van der Waals surface area contributed by atoms with Gasteiger partial charge in [0, 0.05) is 23.5 Å². The normalized spacial score (nSPS) is 12.0. The molecule has 7 heteroatoms. The number of halogens is 3. The Morgan fingerprint density at radius 2 is 1.96 bits per heavy atom. The molecule has 0 aliphatic rings. The fraction of sp³-hybridized carbons (Fsp3) is 0.111. The summed E-state index contributed by atoms with van der Waals surface area (Å²) in [6.07, 6.45) is 2.48. The molecule has 2 aromatic heterocycles. The first-order valence-electron chi connectivity index (χ1n) is 7.51. The Morgan fingerprint density at radius 1 is 1.16 bits per heavy atom. The highest BCUT2D eigenvalue weighted by molar-refractivity contribution is 5.70. The molecule has 3 rings (SSSR count). The number of nitrogens with zero attached hydrogens (tertiary/aromatic N) is 3. The van der Waals surface area contributed by atoms with Gasteiger partial charge in [0.15, 0.2) is 0 Å². The van der Waals surface area contributed by atoms with Crippen LogP contribution in [-0.4, -0.2) is 14.8 Å². The summed E-state index contributed by atoms with van der Waals surface area (Å²) in [4.78, 5) is 4.05. The number of anilines is 1. The van der Waals surface area contributed by atoms with Gasteiger partial charge >= 0.3 is 6.18 Å². The number of benzene rings is 1. The number of alkyl halides is 3. The molecule has 0 saturated carbocycles. The molecule has 0 bridgehead atoms. The van der Waals surface area contributed by atoms with Crippen molar-refractivity contribution in [1.29, 1.82) is 0 Å². The van der Waals surface area contributed by atoms with Crippen molar-refractivity contribution in [2.24, 2.45) is 0 Å². The Morgan fingerprint density at radius 3 is 2.68 bits per heavy atom. The van der Waals surface area contributed by atoms with Crippen molar-refractivity contribution in [3.05, 3.63) is 66.0 Å². The minimum Gasteiger partial charge on any atom is -0.383 e. The molecular formula is C18H15F3N4. The van der Waals surface area contributed by atoms with Gasteiger partial charge in [0.05, 0.1) is 16.9 Å². The van der Waals surface area contributed by atoms with Gasteiger partial charge in [-0.3, -0.25) is 0 Å². The van der Waals surface area contributed by atoms with Crippen LogP contribution in [0.2, 0.25) is 0 Å². The summed E-state index contributed by atoms with van der Waals surface area (Å²) in [7, 11) is 0. The van der Waals surface area contributed by atoms with Gasteiger partial charge in [-0.05, 0) is 31.2 Å². The number of allylic oxidation sites excluding steroid dienone is 1. The second-order valence-corrected chi connectivity index (χ2v) is 5.35. The molecule has 1 aromatic carbocycles. The molecule has 0 unspecified atom stereocenters. The first-order chi connectivity index (χ1) is 11.9. The van der Waals surface area contributed by atoms with Crippen LogP contribution in [0.3, 0.4) is 0 Å². The van der Waals surface area contributed by atoms with Gasteiger partial charge in [0.2, 0.25) is 0 Å². The van der Waals surface area contributed by atoms with E-state index in [1.54, 1.807) is 35.3 Å². The third-order valence-electron chi connectivity index (χ3n) is 3.65. The van der Waals surface area contributed by atoms with E-state index in [0.717, 1.165) is 12.1 Å². The highest BCUT2D eigenvalue weighted by Crippen LogP contribution is 2.32. The predicted octanol–water partition coefficient (Wildman–Crippen LogP) is 4.57. The molecule has 2 N–H and O–H groups in total. The largest absolute Gasteiger partial charge is 0.416 e. The minimum atomic E-state index is -4.39. The Hall–Kier alpha value is -3.09. The number of hydrogen-bond acceptors (Lipinski definition) is 3. The molecule has 4 nitrogen and oxygen atoms in total. The maximum absolute atomic E-state index is 12.9. The van der Waals surface area contributed by atoms with E-state index in [9.17, 15) is 13.2 Å². The van der Waals surface area contributed by atoms with Gasteiger partial charge in [-0.1, -0.05) is 24.3 Å². The lowest BCUT2D eigenvalue weighted by atomic mass is 10.1. The van der Waals surface area contributed by atoms with E-state index in [0.29, 0.717) is 28.3 Å². The van der Waals surface area contributed by atoms with Crippen molar-refractivity contribution in [1.82, 2.24) is 14.8 Å². The van der Waals surface area contributed by atoms with Crippen LogP contribution in [-0.2, 0) is 6.18 Å². The number of nitrogens with two attached hydrogens (primary N) is 1. The first kappa shape index (κ1) is 16.8. The third-order valence-corrected chi connectivity index (χ3v) is 3.65. The van der Waals surface area contributed by atoms with Crippen molar-refractivity contribution in [3.63, 3.8) is 0 Å². The van der Waals surface area contributed by atoms with Crippen LogP contribution in [0.4, 0.5) is 19.0 Å². The summed E-state index contributed by atoms with van der Waals surface area (Å²) >= 11 is 0. The average Bonchev–Trinajstić information content (AvgIpc) is 3.06. The Bertz CT molecular complexity index is 926. The highest BCUT2D eigenvalue weighted by Gasteiger charge is 2.30. The Balaban J connectivity index is 2.04. The Kier molecular flexibility index (Phi) is 4.31. The van der Waals surface area contributed by atoms with E-state index in [4.69, 9.17) is 5.73 Å². The predicted molar refractivity (Wildman–Crippen MR) is 90.9 cm³/mol. The summed E-state index contributed by atoms with van der Waals surface area (Å²) in [6, 6.07) is 8.48. The zero-order valence-corrected chi connectivity index (χ0v) is 13.3. The zero-order chi connectivity index (χ0) is 18.0. The molecule has 0 radical (unpaired) electrons. The van der Waals surface area contributed by atoms with E-state index >= 15 is 0 Å². The number of hydrogen-bond donors (Lipinski definition) is 1. The molecule has 2 heterocycles. The number of aromatic nitrogens is 3. The topological polar surface area (TPSA) is 56.7 Å². The molecule has 0 spiro atoms. The van der Waals surface area contributed by atoms with E-state index in [1.165, 1.54) is 6.07 Å². The van der Waals surface area contributed by atoms with Gasteiger partial charge in [-0.15, -0.1) is 0 Å². The number of nitrogen functional groups attached to an aromatic ring is 1. The summed E-state index contributed by atoms with van der Waals surface area (Å²) in [5, 5.41) is 4.39. The van der Waals surface area contributed by atoms with Crippen molar-refractivity contribution >= 4 is 11.9 Å². The SMILES string of the molecule is C/C=C\c1c(-n2ccc(-c3cccc(C(F)(F)F)c3)n2)ccnc1N. The van der Waals surface area contributed by atoms with Crippen molar-refractivity contribution in [2.45, 2.75) is 13.1 Å². The summed E-state index contributed by atoms with van der Waals surface area (Å²) in [6.45, 7) is 1.85. The van der Waals surface area contributed by atoms with E-state index in [1.807, 2.05) is 19.1 Å². The summed E-state index contributed by atoms with van der Waals surface area (Å²) in [5.41, 5.74) is 7.42. The standard InChI is InChI=1S/C18H15F3N4/c1-2-4-14-16(7-9-23-17(14)22)25-10-8-15(24-25)12-5-3-6-13(11-12)18(19,20)21/h2-11H,1H3,(H2,22,23)/b4-2-. The lowest BCUT2D eigenvalue weighted by Gasteiger charge is -2.09. The summed E-state index contributed by atoms with van der Waals surface area (Å²) < 4.78 is 40.2. The quantitative estimate of drug-likeness (QED) is 0.757. The van der Waals surface area contributed by atoms with Gasteiger partial charge in [0.25, 0.3) is 0 Å². The lowest BCUT2D eigenvalue weighted by molar-refractivity contribution is -0.137. The van der Waals surface area contributed by atoms with Crippen molar-refractivity contribution in [3.8, 4) is 16.9 Å². The first-order valence-corrected chi connectivity index (χ1v) is 7.51. The molecule has 128 valence electrons. The van der Waals surface area contributed by atoms with E-state index in [-0.39, 0.29) is 0 Å². The van der Waals surface area contributed by atoms with E-state index < -0.39 is 11.7 Å². The molecule has 0 fully saturated rings. The molecule has 25 heavy (non-hydrogen) atoms. The van der Waals surface area contributed by atoms with Crippen LogP contribution in [0.1, 0.15) is 18.1 Å². The highest BCUT2D eigenvalue weighted by atomic mass is 19.4. The Labute approximate surface area is 142 Å². The van der Waals surface area contributed by atoms with Crippen LogP contribution in [0, 0.1) is 0 Å². The number of pyridine rings is 1. The monoisotopic (exact) mass is 344 g/mol.